The lowest BCUT2D eigenvalue weighted by Gasteiger charge is -2.39. The molecule has 0 aromatic heterocycles. The van der Waals surface area contributed by atoms with Crippen molar-refractivity contribution in [3.05, 3.63) is 29.8 Å². The third-order valence-corrected chi connectivity index (χ3v) is 4.57. The standard InChI is InChI=1S/C18H31N3/c1-5-12-19-15(2)17-10-6-7-11-18(17)21-13-8-9-16(14-21)20(3)4/h6-7,10-11,15-16,19H,5,8-9,12-14H2,1-4H3. The van der Waals surface area contributed by atoms with Crippen molar-refractivity contribution in [2.45, 2.75) is 45.2 Å². The predicted molar refractivity (Wildman–Crippen MR) is 92.1 cm³/mol. The van der Waals surface area contributed by atoms with E-state index >= 15 is 0 Å². The van der Waals surface area contributed by atoms with Crippen LogP contribution in [0.5, 0.6) is 0 Å². The average molecular weight is 289 g/mol. The summed E-state index contributed by atoms with van der Waals surface area (Å²) in [6.45, 7) is 7.90. The molecule has 0 spiro atoms. The monoisotopic (exact) mass is 289 g/mol. The third-order valence-electron chi connectivity index (χ3n) is 4.57. The van der Waals surface area contributed by atoms with Crippen LogP contribution in [0.4, 0.5) is 5.69 Å². The summed E-state index contributed by atoms with van der Waals surface area (Å²) in [7, 11) is 4.40. The van der Waals surface area contributed by atoms with Crippen molar-refractivity contribution in [1.29, 1.82) is 0 Å². The molecule has 2 atom stereocenters. The van der Waals surface area contributed by atoms with E-state index in [1.54, 1.807) is 0 Å². The van der Waals surface area contributed by atoms with E-state index in [9.17, 15) is 0 Å². The molecular weight excluding hydrogens is 258 g/mol. The summed E-state index contributed by atoms with van der Waals surface area (Å²) >= 11 is 0. The van der Waals surface area contributed by atoms with Crippen molar-refractivity contribution in [3.63, 3.8) is 0 Å². The molecule has 3 heteroatoms. The molecule has 1 aliphatic rings. The number of anilines is 1. The Balaban J connectivity index is 2.15. The Morgan fingerprint density at radius 2 is 2.10 bits per heavy atom. The molecule has 1 fully saturated rings. The zero-order valence-corrected chi connectivity index (χ0v) is 14.1. The fourth-order valence-electron chi connectivity index (χ4n) is 3.21. The minimum atomic E-state index is 0.417. The predicted octanol–water partition coefficient (Wildman–Crippen LogP) is 3.28. The second kappa shape index (κ2) is 7.81. The molecule has 0 saturated carbocycles. The minimum absolute atomic E-state index is 0.417. The van der Waals surface area contributed by atoms with Crippen LogP contribution in [-0.4, -0.2) is 44.7 Å². The second-order valence-electron chi connectivity index (χ2n) is 6.44. The summed E-state index contributed by atoms with van der Waals surface area (Å²) in [6.07, 6.45) is 3.78. The largest absolute Gasteiger partial charge is 0.370 e. The number of hydrogen-bond acceptors (Lipinski definition) is 3. The highest BCUT2D eigenvalue weighted by Crippen LogP contribution is 2.29. The molecule has 3 nitrogen and oxygen atoms in total. The maximum atomic E-state index is 3.62. The molecule has 0 aliphatic carbocycles. The van der Waals surface area contributed by atoms with Gasteiger partial charge in [-0.15, -0.1) is 0 Å². The highest BCUT2D eigenvalue weighted by atomic mass is 15.2. The summed E-state index contributed by atoms with van der Waals surface area (Å²) < 4.78 is 0. The van der Waals surface area contributed by atoms with Crippen molar-refractivity contribution < 1.29 is 0 Å². The highest BCUT2D eigenvalue weighted by Gasteiger charge is 2.23. The Bertz CT molecular complexity index is 430. The van der Waals surface area contributed by atoms with Gasteiger partial charge in [0.1, 0.15) is 0 Å². The summed E-state index contributed by atoms with van der Waals surface area (Å²) in [6, 6.07) is 9.99. The van der Waals surface area contributed by atoms with Crippen molar-refractivity contribution in [3.8, 4) is 0 Å². The van der Waals surface area contributed by atoms with Crippen molar-refractivity contribution in [2.75, 3.05) is 38.6 Å². The maximum Gasteiger partial charge on any atom is 0.0415 e. The van der Waals surface area contributed by atoms with Crippen LogP contribution >= 0.6 is 0 Å². The number of benzene rings is 1. The van der Waals surface area contributed by atoms with Gasteiger partial charge in [-0.2, -0.15) is 0 Å². The fraction of sp³-hybridized carbons (Fsp3) is 0.667. The van der Waals surface area contributed by atoms with Crippen LogP contribution in [0.15, 0.2) is 24.3 Å². The molecule has 0 amide bonds. The van der Waals surface area contributed by atoms with Gasteiger partial charge in [-0.25, -0.2) is 0 Å². The van der Waals surface area contributed by atoms with Crippen LogP contribution in [0.3, 0.4) is 0 Å². The van der Waals surface area contributed by atoms with Crippen molar-refractivity contribution >= 4 is 5.69 Å². The van der Waals surface area contributed by atoms with Crippen LogP contribution in [-0.2, 0) is 0 Å². The summed E-state index contributed by atoms with van der Waals surface area (Å²) in [5.74, 6) is 0. The normalized spacial score (nSPS) is 20.8. The van der Waals surface area contributed by atoms with E-state index in [1.807, 2.05) is 0 Å². The lowest BCUT2D eigenvalue weighted by molar-refractivity contribution is 0.258. The Morgan fingerprint density at radius 3 is 2.81 bits per heavy atom. The highest BCUT2D eigenvalue weighted by molar-refractivity contribution is 5.55. The molecule has 118 valence electrons. The average Bonchev–Trinajstić information content (AvgIpc) is 2.52. The third kappa shape index (κ3) is 4.21. The van der Waals surface area contributed by atoms with E-state index in [0.29, 0.717) is 12.1 Å². The number of likely N-dealkylation sites (N-methyl/N-ethyl adjacent to an activating group) is 1. The number of rotatable bonds is 6. The number of nitrogens with zero attached hydrogens (tertiary/aromatic N) is 2. The van der Waals surface area contributed by atoms with Gasteiger partial charge < -0.3 is 15.1 Å². The van der Waals surface area contributed by atoms with Gasteiger partial charge in [0.25, 0.3) is 0 Å². The van der Waals surface area contributed by atoms with Crippen molar-refractivity contribution in [2.24, 2.45) is 0 Å². The number of piperidine rings is 1. The zero-order valence-electron chi connectivity index (χ0n) is 14.1. The van der Waals surface area contributed by atoms with Crippen LogP contribution in [0.25, 0.3) is 0 Å². The van der Waals surface area contributed by atoms with Crippen LogP contribution in [0.1, 0.15) is 44.7 Å². The summed E-state index contributed by atoms with van der Waals surface area (Å²) in [4.78, 5) is 4.95. The van der Waals surface area contributed by atoms with Crippen LogP contribution in [0.2, 0.25) is 0 Å². The van der Waals surface area contributed by atoms with Gasteiger partial charge in [-0.05, 0) is 58.5 Å². The van der Waals surface area contributed by atoms with Gasteiger partial charge in [-0.1, -0.05) is 25.1 Å². The molecular formula is C18H31N3. The molecule has 1 aromatic carbocycles. The van der Waals surface area contributed by atoms with Gasteiger partial charge in [0.2, 0.25) is 0 Å². The Hall–Kier alpha value is -1.06. The topological polar surface area (TPSA) is 18.5 Å². The van der Waals surface area contributed by atoms with E-state index in [2.05, 4.69) is 67.3 Å². The van der Waals surface area contributed by atoms with E-state index in [-0.39, 0.29) is 0 Å². The Morgan fingerprint density at radius 1 is 1.33 bits per heavy atom. The first-order valence-corrected chi connectivity index (χ1v) is 8.37. The summed E-state index contributed by atoms with van der Waals surface area (Å²) in [5, 5.41) is 3.62. The van der Waals surface area contributed by atoms with Gasteiger partial charge >= 0.3 is 0 Å². The van der Waals surface area contributed by atoms with Crippen LogP contribution in [0, 0.1) is 0 Å². The lowest BCUT2D eigenvalue weighted by Crippen LogP contribution is -2.45. The van der Waals surface area contributed by atoms with E-state index < -0.39 is 0 Å². The molecule has 0 radical (unpaired) electrons. The lowest BCUT2D eigenvalue weighted by atomic mass is 10.00. The van der Waals surface area contributed by atoms with Crippen LogP contribution < -0.4 is 10.2 Å². The van der Waals surface area contributed by atoms with E-state index in [0.717, 1.165) is 13.1 Å². The van der Waals surface area contributed by atoms with Gasteiger partial charge in [-0.3, -0.25) is 0 Å². The minimum Gasteiger partial charge on any atom is -0.370 e. The molecule has 1 saturated heterocycles. The summed E-state index contributed by atoms with van der Waals surface area (Å²) in [5.41, 5.74) is 2.85. The maximum absolute atomic E-state index is 3.62. The molecule has 1 heterocycles. The molecule has 21 heavy (non-hydrogen) atoms. The number of para-hydroxylation sites is 1. The number of nitrogens with one attached hydrogen (secondary N) is 1. The number of hydrogen-bond donors (Lipinski definition) is 1. The quantitative estimate of drug-likeness (QED) is 0.867. The van der Waals surface area contributed by atoms with E-state index in [4.69, 9.17) is 0 Å². The SMILES string of the molecule is CCCNC(C)c1ccccc1N1CCCC(N(C)C)C1. The van der Waals surface area contributed by atoms with Gasteiger partial charge in [0.15, 0.2) is 0 Å². The first-order chi connectivity index (χ1) is 10.1. The first kappa shape index (κ1) is 16.3. The molecule has 0 bridgehead atoms. The van der Waals surface area contributed by atoms with Crippen molar-refractivity contribution in [1.82, 2.24) is 10.2 Å². The first-order valence-electron chi connectivity index (χ1n) is 8.37. The molecule has 1 N–H and O–H groups in total. The smallest absolute Gasteiger partial charge is 0.0415 e. The van der Waals surface area contributed by atoms with Gasteiger partial charge in [0.05, 0.1) is 0 Å². The van der Waals surface area contributed by atoms with E-state index in [1.165, 1.54) is 37.1 Å². The molecule has 2 rings (SSSR count). The van der Waals surface area contributed by atoms with Gasteiger partial charge in [0, 0.05) is 30.9 Å². The second-order valence-corrected chi connectivity index (χ2v) is 6.44. The Labute approximate surface area is 130 Å². The molecule has 1 aliphatic heterocycles. The zero-order chi connectivity index (χ0) is 15.2. The fourth-order valence-corrected chi connectivity index (χ4v) is 3.21. The Kier molecular flexibility index (Phi) is 6.07. The molecule has 2 unspecified atom stereocenters. The molecule has 1 aromatic rings.